The number of hydroxylamine groups is 2. The predicted molar refractivity (Wildman–Crippen MR) is 85.0 cm³/mol. The first kappa shape index (κ1) is 19.6. The van der Waals surface area contributed by atoms with Gasteiger partial charge < -0.3 is 14.7 Å². The van der Waals surface area contributed by atoms with Crippen molar-refractivity contribution >= 4 is 39.1 Å². The third-order valence-corrected chi connectivity index (χ3v) is 3.13. The van der Waals surface area contributed by atoms with Gasteiger partial charge in [-0.15, -0.1) is 5.06 Å². The lowest BCUT2D eigenvalue weighted by Crippen LogP contribution is -2.31. The zero-order chi connectivity index (χ0) is 18.1. The molecule has 1 heterocycles. The van der Waals surface area contributed by atoms with Gasteiger partial charge in [-0.1, -0.05) is 30.3 Å². The normalized spacial score (nSPS) is 14.6. The van der Waals surface area contributed by atoms with Crippen molar-refractivity contribution in [1.82, 2.24) is 5.06 Å². The number of benzene rings is 1. The molecule has 2 amide bonds. The molecule has 24 heavy (non-hydrogen) atoms. The molecule has 2 rings (SSSR count). The molecule has 1 atom stereocenters. The van der Waals surface area contributed by atoms with Gasteiger partial charge in [0.25, 0.3) is 17.7 Å². The zero-order valence-corrected chi connectivity index (χ0v) is 12.9. The number of aliphatic hydroxyl groups excluding tert-OH is 1. The van der Waals surface area contributed by atoms with Crippen LogP contribution in [0.15, 0.2) is 30.3 Å². The third-order valence-electron chi connectivity index (χ3n) is 3.13. The van der Waals surface area contributed by atoms with Gasteiger partial charge in [-0.25, -0.2) is 0 Å². The Morgan fingerprint density at radius 3 is 2.08 bits per heavy atom. The highest BCUT2D eigenvalue weighted by Crippen LogP contribution is 2.18. The van der Waals surface area contributed by atoms with Crippen molar-refractivity contribution in [3.63, 3.8) is 0 Å². The Morgan fingerprint density at radius 1 is 1.12 bits per heavy atom. The topological polar surface area (TPSA) is 101 Å². The fourth-order valence-corrected chi connectivity index (χ4v) is 2.00. The molecule has 1 fully saturated rings. The van der Waals surface area contributed by atoms with Gasteiger partial charge in [-0.2, -0.15) is 0 Å². The number of carbonyl (C=O) groups excluding carboxylic acids is 4. The van der Waals surface area contributed by atoms with E-state index >= 15 is 0 Å². The van der Waals surface area contributed by atoms with Gasteiger partial charge in [0, 0.05) is 25.2 Å². The summed E-state index contributed by atoms with van der Waals surface area (Å²) in [6.45, 7) is -0.0487. The standard InChI is InChI=1S/C10H11BO2.C5H4BNO4/c11-10(13)6-9(7-12)8-4-2-1-3-5-8;6-5(10)11-7-3(8)1-2-4(7)9/h1-5,9,12H,6-7H2;1-2H2/t9-;/m0./s1. The van der Waals surface area contributed by atoms with Crippen molar-refractivity contribution in [3.05, 3.63) is 35.9 Å². The fourth-order valence-electron chi connectivity index (χ4n) is 2.00. The monoisotopic (exact) mass is 327 g/mol. The number of nitrogens with zero attached hydrogens (tertiary/aromatic N) is 1. The second-order valence-electron chi connectivity index (χ2n) is 4.95. The van der Waals surface area contributed by atoms with Crippen molar-refractivity contribution < 1.29 is 29.1 Å². The smallest absolute Gasteiger partial charge is 0.266 e. The van der Waals surface area contributed by atoms with E-state index in [1.807, 2.05) is 30.3 Å². The highest BCUT2D eigenvalue weighted by Gasteiger charge is 2.31. The molecular weight excluding hydrogens is 312 g/mol. The van der Waals surface area contributed by atoms with E-state index in [1.54, 1.807) is 0 Å². The average molecular weight is 327 g/mol. The molecule has 1 aromatic carbocycles. The van der Waals surface area contributed by atoms with Gasteiger partial charge in [0.15, 0.2) is 7.85 Å². The van der Waals surface area contributed by atoms with Crippen LogP contribution in [-0.4, -0.2) is 55.8 Å². The maximum atomic E-state index is 10.7. The quantitative estimate of drug-likeness (QED) is 0.613. The Labute approximate surface area is 141 Å². The number of imide groups is 1. The molecule has 1 saturated heterocycles. The van der Waals surface area contributed by atoms with Crippen LogP contribution in [-0.2, 0) is 19.2 Å². The molecule has 0 aliphatic carbocycles. The Morgan fingerprint density at radius 2 is 1.67 bits per heavy atom. The minimum atomic E-state index is -1.16. The second kappa shape index (κ2) is 9.67. The minimum Gasteiger partial charge on any atom is -0.396 e. The van der Waals surface area contributed by atoms with Crippen molar-refractivity contribution in [3.8, 4) is 0 Å². The number of hydrogen-bond acceptors (Lipinski definition) is 6. The Bertz CT molecular complexity index is 591. The Hall–Kier alpha value is -2.41. The lowest BCUT2D eigenvalue weighted by molar-refractivity contribution is -0.169. The van der Waals surface area contributed by atoms with E-state index in [1.165, 1.54) is 0 Å². The summed E-state index contributed by atoms with van der Waals surface area (Å²) in [5.41, 5.74) is 0.562. The van der Waals surface area contributed by atoms with Gasteiger partial charge in [-0.05, 0) is 5.56 Å². The summed E-state index contributed by atoms with van der Waals surface area (Å²) < 4.78 is 0. The summed E-state index contributed by atoms with van der Waals surface area (Å²) in [6, 6.07) is 9.40. The van der Waals surface area contributed by atoms with Crippen LogP contribution in [0.4, 0.5) is 4.79 Å². The van der Waals surface area contributed by atoms with Gasteiger partial charge in [0.1, 0.15) is 0 Å². The number of hydrogen-bond donors (Lipinski definition) is 1. The van der Waals surface area contributed by atoms with Crippen LogP contribution in [0.3, 0.4) is 0 Å². The maximum absolute atomic E-state index is 10.7. The fraction of sp³-hybridized carbons (Fsp3) is 0.333. The highest BCUT2D eigenvalue weighted by molar-refractivity contribution is 6.57. The first-order valence-corrected chi connectivity index (χ1v) is 7.12. The van der Waals surface area contributed by atoms with Crippen LogP contribution in [0.5, 0.6) is 0 Å². The van der Waals surface area contributed by atoms with Gasteiger partial charge in [0.2, 0.25) is 7.85 Å². The molecular formula is C15H15B2NO6. The summed E-state index contributed by atoms with van der Waals surface area (Å²) >= 11 is 0. The summed E-state index contributed by atoms with van der Waals surface area (Å²) in [4.78, 5) is 46.2. The van der Waals surface area contributed by atoms with E-state index in [2.05, 4.69) is 12.7 Å². The predicted octanol–water partition coefficient (Wildman–Crippen LogP) is 0.203. The van der Waals surface area contributed by atoms with Gasteiger partial charge in [-0.3, -0.25) is 14.4 Å². The molecule has 0 bridgehead atoms. The van der Waals surface area contributed by atoms with E-state index in [-0.39, 0.29) is 37.5 Å². The van der Waals surface area contributed by atoms with Crippen molar-refractivity contribution in [2.45, 2.75) is 25.2 Å². The van der Waals surface area contributed by atoms with Gasteiger partial charge >= 0.3 is 0 Å². The van der Waals surface area contributed by atoms with Crippen LogP contribution < -0.4 is 0 Å². The molecule has 1 aliphatic rings. The number of carbonyl (C=O) groups is 4. The molecule has 0 aromatic heterocycles. The van der Waals surface area contributed by atoms with Crippen molar-refractivity contribution in [1.29, 1.82) is 0 Å². The molecule has 1 aromatic rings. The van der Waals surface area contributed by atoms with Crippen LogP contribution in [0, 0.1) is 0 Å². The molecule has 9 heteroatoms. The van der Waals surface area contributed by atoms with Crippen molar-refractivity contribution in [2.24, 2.45) is 0 Å². The van der Waals surface area contributed by atoms with Crippen LogP contribution in [0.1, 0.15) is 30.7 Å². The SMILES string of the molecule is [B]C(=O)C[C@@H](CO)c1ccccc1.[B]C(=O)ON1C(=O)CCC1=O. The zero-order valence-electron chi connectivity index (χ0n) is 12.9. The van der Waals surface area contributed by atoms with Gasteiger partial charge in [0.05, 0.1) is 12.3 Å². The number of amides is 2. The first-order chi connectivity index (χ1) is 11.3. The van der Waals surface area contributed by atoms with Crippen LogP contribution >= 0.6 is 0 Å². The van der Waals surface area contributed by atoms with E-state index in [0.717, 1.165) is 5.56 Å². The molecule has 7 nitrogen and oxygen atoms in total. The lowest BCUT2D eigenvalue weighted by Gasteiger charge is -2.12. The summed E-state index contributed by atoms with van der Waals surface area (Å²) in [7, 11) is 9.65. The maximum Gasteiger partial charge on any atom is 0.266 e. The van der Waals surface area contributed by atoms with Crippen molar-refractivity contribution in [2.75, 3.05) is 6.61 Å². The molecule has 4 radical (unpaired) electrons. The third kappa shape index (κ3) is 6.37. The molecule has 0 saturated carbocycles. The highest BCUT2D eigenvalue weighted by atomic mass is 16.7. The number of rotatable bonds is 5. The van der Waals surface area contributed by atoms with Crippen LogP contribution in [0.25, 0.3) is 0 Å². The largest absolute Gasteiger partial charge is 0.396 e. The second-order valence-corrected chi connectivity index (χ2v) is 4.95. The summed E-state index contributed by atoms with van der Waals surface area (Å²) in [5.74, 6) is -2.39. The molecule has 1 aliphatic heterocycles. The molecule has 0 unspecified atom stereocenters. The van der Waals surface area contributed by atoms with Crippen LogP contribution in [0.2, 0.25) is 0 Å². The lowest BCUT2D eigenvalue weighted by atomic mass is 9.88. The minimum absolute atomic E-state index is 0.0487. The van der Waals surface area contributed by atoms with E-state index in [0.29, 0.717) is 5.06 Å². The molecule has 0 spiro atoms. The average Bonchev–Trinajstić information content (AvgIpc) is 2.85. The summed E-state index contributed by atoms with van der Waals surface area (Å²) in [5, 5.41) is 9.41. The number of aliphatic hydroxyl groups is 1. The van der Waals surface area contributed by atoms with E-state index in [9.17, 15) is 19.2 Å². The molecule has 1 N–H and O–H groups in total. The Balaban J connectivity index is 0.000000243. The first-order valence-electron chi connectivity index (χ1n) is 7.12. The van der Waals surface area contributed by atoms with E-state index < -0.39 is 17.7 Å². The molecule has 122 valence electrons. The van der Waals surface area contributed by atoms with E-state index in [4.69, 9.17) is 13.0 Å². The Kier molecular flexibility index (Phi) is 7.91. The summed E-state index contributed by atoms with van der Waals surface area (Å²) in [6.07, 6.45) is 0.346.